The lowest BCUT2D eigenvalue weighted by Crippen LogP contribution is -1.98. The number of H-pyrrole nitrogens is 1. The third kappa shape index (κ3) is 2.68. The maximum atomic E-state index is 11.2. The number of esters is 1. The largest absolute Gasteiger partial charge is 0.463 e. The quantitative estimate of drug-likeness (QED) is 0.669. The summed E-state index contributed by atoms with van der Waals surface area (Å²) in [6, 6.07) is 5.71. The van der Waals surface area contributed by atoms with Crippen molar-refractivity contribution in [3.05, 3.63) is 41.1 Å². The normalized spacial score (nSPS) is 11.2. The number of ether oxygens (including phenoxy) is 1. The molecule has 2 aromatic rings. The number of benzene rings is 1. The van der Waals surface area contributed by atoms with Crippen LogP contribution in [0.3, 0.4) is 0 Å². The molecule has 0 saturated heterocycles. The second-order valence-corrected chi connectivity index (χ2v) is 3.93. The van der Waals surface area contributed by atoms with Gasteiger partial charge in [-0.1, -0.05) is 11.6 Å². The van der Waals surface area contributed by atoms with E-state index in [0.717, 1.165) is 16.5 Å². The van der Waals surface area contributed by atoms with E-state index in [9.17, 15) is 4.79 Å². The maximum Gasteiger partial charge on any atom is 0.330 e. The fraction of sp³-hybridized carbons (Fsp3) is 0.154. The SMILES string of the molecule is CCOC(=O)C=Cc1cc2cc[nH]c2cc1Cl. The molecule has 0 atom stereocenters. The van der Waals surface area contributed by atoms with Gasteiger partial charge in [-0.25, -0.2) is 4.79 Å². The monoisotopic (exact) mass is 249 g/mol. The maximum absolute atomic E-state index is 11.2. The molecular formula is C13H12ClNO2. The van der Waals surface area contributed by atoms with Gasteiger partial charge in [-0.15, -0.1) is 0 Å². The van der Waals surface area contributed by atoms with Crippen molar-refractivity contribution in [2.45, 2.75) is 6.92 Å². The third-order valence-corrected chi connectivity index (χ3v) is 2.68. The highest BCUT2D eigenvalue weighted by molar-refractivity contribution is 6.32. The summed E-state index contributed by atoms with van der Waals surface area (Å²) in [5.74, 6) is -0.363. The van der Waals surface area contributed by atoms with E-state index in [0.29, 0.717) is 11.6 Å². The molecule has 1 heterocycles. The molecule has 2 rings (SSSR count). The number of fused-ring (bicyclic) bond motifs is 1. The van der Waals surface area contributed by atoms with E-state index in [1.165, 1.54) is 6.08 Å². The van der Waals surface area contributed by atoms with E-state index in [2.05, 4.69) is 4.98 Å². The molecule has 1 N–H and O–H groups in total. The van der Waals surface area contributed by atoms with Crippen LogP contribution in [0.25, 0.3) is 17.0 Å². The lowest BCUT2D eigenvalue weighted by Gasteiger charge is -1.99. The summed E-state index contributed by atoms with van der Waals surface area (Å²) in [6.07, 6.45) is 4.88. The van der Waals surface area contributed by atoms with E-state index >= 15 is 0 Å². The molecule has 1 aromatic heterocycles. The fourth-order valence-electron chi connectivity index (χ4n) is 1.57. The van der Waals surface area contributed by atoms with Crippen molar-refractivity contribution in [3.63, 3.8) is 0 Å². The summed E-state index contributed by atoms with van der Waals surface area (Å²) < 4.78 is 4.80. The van der Waals surface area contributed by atoms with Gasteiger partial charge in [0.05, 0.1) is 6.61 Å². The van der Waals surface area contributed by atoms with Crippen LogP contribution < -0.4 is 0 Å². The predicted octanol–water partition coefficient (Wildman–Crippen LogP) is 3.40. The summed E-state index contributed by atoms with van der Waals surface area (Å²) in [7, 11) is 0. The molecule has 17 heavy (non-hydrogen) atoms. The number of halogens is 1. The summed E-state index contributed by atoms with van der Waals surface area (Å²) in [6.45, 7) is 2.14. The molecule has 0 aliphatic carbocycles. The van der Waals surface area contributed by atoms with Crippen molar-refractivity contribution < 1.29 is 9.53 Å². The van der Waals surface area contributed by atoms with Gasteiger partial charge in [-0.2, -0.15) is 0 Å². The van der Waals surface area contributed by atoms with Gasteiger partial charge in [-0.05, 0) is 36.8 Å². The van der Waals surface area contributed by atoms with Crippen LogP contribution in [0.5, 0.6) is 0 Å². The van der Waals surface area contributed by atoms with Crippen LogP contribution in [0.4, 0.5) is 0 Å². The van der Waals surface area contributed by atoms with Crippen LogP contribution in [-0.2, 0) is 9.53 Å². The molecule has 0 bridgehead atoms. The van der Waals surface area contributed by atoms with Crippen LogP contribution in [0.15, 0.2) is 30.5 Å². The lowest BCUT2D eigenvalue weighted by molar-refractivity contribution is -0.137. The van der Waals surface area contributed by atoms with Crippen molar-refractivity contribution in [2.24, 2.45) is 0 Å². The molecule has 0 unspecified atom stereocenters. The van der Waals surface area contributed by atoms with Gasteiger partial charge >= 0.3 is 5.97 Å². The summed E-state index contributed by atoms with van der Waals surface area (Å²) in [5.41, 5.74) is 1.77. The van der Waals surface area contributed by atoms with Gasteiger partial charge in [0.25, 0.3) is 0 Å². The summed E-state index contributed by atoms with van der Waals surface area (Å²) in [4.78, 5) is 14.3. The standard InChI is InChI=1S/C13H12ClNO2/c1-2-17-13(16)4-3-9-7-10-5-6-15-12(10)8-11(9)14/h3-8,15H,2H2,1H3. The molecule has 4 heteroatoms. The zero-order valence-corrected chi connectivity index (χ0v) is 10.1. The molecule has 0 radical (unpaired) electrons. The Kier molecular flexibility index (Phi) is 3.49. The van der Waals surface area contributed by atoms with E-state index in [1.807, 2.05) is 24.4 Å². The Hall–Kier alpha value is -1.74. The van der Waals surface area contributed by atoms with Gasteiger partial charge in [0.1, 0.15) is 0 Å². The molecule has 0 saturated carbocycles. The van der Waals surface area contributed by atoms with Crippen LogP contribution in [0.1, 0.15) is 12.5 Å². The van der Waals surface area contributed by atoms with Crippen molar-refractivity contribution in [1.29, 1.82) is 0 Å². The Morgan fingerprint density at radius 1 is 1.53 bits per heavy atom. The molecule has 88 valence electrons. The van der Waals surface area contributed by atoms with Crippen LogP contribution in [0.2, 0.25) is 5.02 Å². The highest BCUT2D eigenvalue weighted by Gasteiger charge is 2.02. The third-order valence-electron chi connectivity index (χ3n) is 2.36. The number of carbonyl (C=O) groups is 1. The molecule has 0 fully saturated rings. The Balaban J connectivity index is 2.28. The topological polar surface area (TPSA) is 42.1 Å². The zero-order valence-electron chi connectivity index (χ0n) is 9.37. The molecule has 0 amide bonds. The Morgan fingerprint density at radius 3 is 3.12 bits per heavy atom. The number of hydrogen-bond acceptors (Lipinski definition) is 2. The van der Waals surface area contributed by atoms with Gasteiger partial charge in [-0.3, -0.25) is 0 Å². The van der Waals surface area contributed by atoms with Crippen LogP contribution >= 0.6 is 11.6 Å². The van der Waals surface area contributed by atoms with E-state index in [1.54, 1.807) is 13.0 Å². The highest BCUT2D eigenvalue weighted by atomic mass is 35.5. The van der Waals surface area contributed by atoms with E-state index in [4.69, 9.17) is 16.3 Å². The lowest BCUT2D eigenvalue weighted by atomic mass is 10.1. The summed E-state index contributed by atoms with van der Waals surface area (Å²) >= 11 is 6.10. The highest BCUT2D eigenvalue weighted by Crippen LogP contribution is 2.24. The van der Waals surface area contributed by atoms with Crippen molar-refractivity contribution in [2.75, 3.05) is 6.61 Å². The molecule has 0 aliphatic heterocycles. The molecule has 1 aromatic carbocycles. The van der Waals surface area contributed by atoms with Crippen molar-refractivity contribution in [1.82, 2.24) is 4.98 Å². The average molecular weight is 250 g/mol. The second-order valence-electron chi connectivity index (χ2n) is 3.52. The predicted molar refractivity (Wildman–Crippen MR) is 69.0 cm³/mol. The first-order valence-corrected chi connectivity index (χ1v) is 5.70. The Bertz CT molecular complexity index is 572. The first-order valence-electron chi connectivity index (χ1n) is 5.32. The molecule has 3 nitrogen and oxygen atoms in total. The second kappa shape index (κ2) is 5.06. The Labute approximate surface area is 104 Å². The number of hydrogen-bond donors (Lipinski definition) is 1. The number of nitrogens with one attached hydrogen (secondary N) is 1. The minimum absolute atomic E-state index is 0.363. The first-order chi connectivity index (χ1) is 8.20. The average Bonchev–Trinajstić information content (AvgIpc) is 2.73. The molecule has 0 spiro atoms. The minimum atomic E-state index is -0.363. The number of rotatable bonds is 3. The van der Waals surface area contributed by atoms with Crippen molar-refractivity contribution in [3.8, 4) is 0 Å². The number of aromatic nitrogens is 1. The van der Waals surface area contributed by atoms with Gasteiger partial charge in [0.2, 0.25) is 0 Å². The van der Waals surface area contributed by atoms with E-state index in [-0.39, 0.29) is 5.97 Å². The van der Waals surface area contributed by atoms with Crippen molar-refractivity contribution >= 4 is 34.5 Å². The van der Waals surface area contributed by atoms with Gasteiger partial charge < -0.3 is 9.72 Å². The Morgan fingerprint density at radius 2 is 2.35 bits per heavy atom. The summed E-state index contributed by atoms with van der Waals surface area (Å²) in [5, 5.41) is 1.65. The van der Waals surface area contributed by atoms with Gasteiger partial charge in [0, 0.05) is 28.2 Å². The number of carbonyl (C=O) groups excluding carboxylic acids is 1. The van der Waals surface area contributed by atoms with Crippen LogP contribution in [-0.4, -0.2) is 17.6 Å². The number of aromatic amines is 1. The molecular weight excluding hydrogens is 238 g/mol. The zero-order chi connectivity index (χ0) is 12.3. The first kappa shape index (κ1) is 11.7. The van der Waals surface area contributed by atoms with E-state index < -0.39 is 0 Å². The van der Waals surface area contributed by atoms with Gasteiger partial charge in [0.15, 0.2) is 0 Å². The smallest absolute Gasteiger partial charge is 0.330 e. The molecule has 0 aliphatic rings. The van der Waals surface area contributed by atoms with Crippen LogP contribution in [0, 0.1) is 0 Å². The minimum Gasteiger partial charge on any atom is -0.463 e. The fourth-order valence-corrected chi connectivity index (χ4v) is 1.79.